The van der Waals surface area contributed by atoms with Crippen molar-refractivity contribution in [3.8, 4) is 6.07 Å². The SMILES string of the molecule is N#C/C(=C/NCCN1C(=O)CSC1=O)C(=O)Nc1cccc(C(=O)O)c1. The minimum absolute atomic E-state index is 0.00114. The second-order valence-corrected chi connectivity index (χ2v) is 5.99. The number of carboxylic acid groups (broad SMARTS) is 1. The summed E-state index contributed by atoms with van der Waals surface area (Å²) >= 11 is 0.928. The number of aromatic carboxylic acids is 1. The summed E-state index contributed by atoms with van der Waals surface area (Å²) in [5, 5.41) is 22.8. The number of nitrogens with one attached hydrogen (secondary N) is 2. The Kier molecular flexibility index (Phi) is 6.35. The van der Waals surface area contributed by atoms with E-state index in [0.29, 0.717) is 0 Å². The van der Waals surface area contributed by atoms with Crippen LogP contribution in [0.3, 0.4) is 0 Å². The zero-order valence-corrected chi connectivity index (χ0v) is 14.2. The molecule has 0 aromatic heterocycles. The molecule has 1 aromatic rings. The van der Waals surface area contributed by atoms with Gasteiger partial charge in [0.1, 0.15) is 11.6 Å². The van der Waals surface area contributed by atoms with Gasteiger partial charge in [0.15, 0.2) is 0 Å². The third kappa shape index (κ3) is 4.84. The van der Waals surface area contributed by atoms with E-state index < -0.39 is 11.9 Å². The lowest BCUT2D eigenvalue weighted by molar-refractivity contribution is -0.124. The van der Waals surface area contributed by atoms with E-state index in [2.05, 4.69) is 10.6 Å². The predicted octanol–water partition coefficient (Wildman–Crippen LogP) is 1.02. The minimum Gasteiger partial charge on any atom is -0.478 e. The van der Waals surface area contributed by atoms with E-state index in [-0.39, 0.29) is 46.8 Å². The molecule has 3 N–H and O–H groups in total. The van der Waals surface area contributed by atoms with Crippen molar-refractivity contribution in [3.05, 3.63) is 41.6 Å². The predicted molar refractivity (Wildman–Crippen MR) is 93.3 cm³/mol. The molecule has 2 rings (SSSR count). The topological polar surface area (TPSA) is 140 Å². The Balaban J connectivity index is 1.91. The second kappa shape index (κ2) is 8.68. The number of benzene rings is 1. The van der Waals surface area contributed by atoms with Crippen LogP contribution in [0, 0.1) is 11.3 Å². The van der Waals surface area contributed by atoms with E-state index >= 15 is 0 Å². The maximum Gasteiger partial charge on any atom is 0.335 e. The highest BCUT2D eigenvalue weighted by Gasteiger charge is 2.28. The fourth-order valence-corrected chi connectivity index (χ4v) is 2.78. The molecule has 0 aliphatic carbocycles. The van der Waals surface area contributed by atoms with Gasteiger partial charge in [-0.3, -0.25) is 19.3 Å². The van der Waals surface area contributed by atoms with Crippen LogP contribution in [0.4, 0.5) is 10.5 Å². The molecule has 9 nitrogen and oxygen atoms in total. The summed E-state index contributed by atoms with van der Waals surface area (Å²) in [6.07, 6.45) is 1.18. The van der Waals surface area contributed by atoms with Crippen LogP contribution < -0.4 is 10.6 Å². The lowest BCUT2D eigenvalue weighted by Crippen LogP contribution is -2.34. The quantitative estimate of drug-likeness (QED) is 0.365. The van der Waals surface area contributed by atoms with Crippen molar-refractivity contribution in [1.29, 1.82) is 5.26 Å². The van der Waals surface area contributed by atoms with Crippen LogP contribution in [0.1, 0.15) is 10.4 Å². The number of amides is 3. The van der Waals surface area contributed by atoms with Crippen molar-refractivity contribution in [1.82, 2.24) is 10.2 Å². The van der Waals surface area contributed by atoms with Crippen molar-refractivity contribution >= 4 is 40.5 Å². The standard InChI is InChI=1S/C16H14N4O5S/c17-7-11(8-18-4-5-20-13(21)9-26-16(20)25)14(22)19-12-3-1-2-10(6-12)15(23)24/h1-3,6,8,18H,4-5,9H2,(H,19,22)(H,23,24)/b11-8-. The van der Waals surface area contributed by atoms with E-state index in [4.69, 9.17) is 10.4 Å². The first-order chi connectivity index (χ1) is 12.4. The highest BCUT2D eigenvalue weighted by atomic mass is 32.2. The highest BCUT2D eigenvalue weighted by molar-refractivity contribution is 8.14. The van der Waals surface area contributed by atoms with Crippen molar-refractivity contribution in [3.63, 3.8) is 0 Å². The number of carbonyl (C=O) groups is 4. The summed E-state index contributed by atoms with van der Waals surface area (Å²) < 4.78 is 0. The Morgan fingerprint density at radius 1 is 1.38 bits per heavy atom. The summed E-state index contributed by atoms with van der Waals surface area (Å²) in [6, 6.07) is 7.33. The Morgan fingerprint density at radius 3 is 2.77 bits per heavy atom. The van der Waals surface area contributed by atoms with Gasteiger partial charge >= 0.3 is 5.97 Å². The molecule has 1 fully saturated rings. The molecule has 0 atom stereocenters. The van der Waals surface area contributed by atoms with E-state index in [1.165, 1.54) is 30.5 Å². The Labute approximate surface area is 152 Å². The first-order valence-corrected chi connectivity index (χ1v) is 8.36. The zero-order chi connectivity index (χ0) is 19.1. The van der Waals surface area contributed by atoms with Crippen LogP contribution in [0.5, 0.6) is 0 Å². The van der Waals surface area contributed by atoms with Gasteiger partial charge < -0.3 is 15.7 Å². The monoisotopic (exact) mass is 374 g/mol. The number of imide groups is 1. The molecular formula is C16H14N4O5S. The number of rotatable bonds is 7. The molecule has 10 heteroatoms. The van der Waals surface area contributed by atoms with Crippen LogP contribution in [0.2, 0.25) is 0 Å². The number of hydrogen-bond acceptors (Lipinski definition) is 7. The van der Waals surface area contributed by atoms with Crippen LogP contribution in [-0.4, -0.2) is 51.9 Å². The third-order valence-corrected chi connectivity index (χ3v) is 4.16. The van der Waals surface area contributed by atoms with Crippen LogP contribution in [0.25, 0.3) is 0 Å². The van der Waals surface area contributed by atoms with Gasteiger partial charge in [0.2, 0.25) is 5.91 Å². The minimum atomic E-state index is -1.14. The molecule has 1 heterocycles. The summed E-state index contributed by atoms with van der Waals surface area (Å²) in [5.41, 5.74) is 0.00161. The van der Waals surface area contributed by atoms with Gasteiger partial charge in [0.05, 0.1) is 11.3 Å². The summed E-state index contributed by atoms with van der Waals surface area (Å²) in [6.45, 7) is 0.313. The summed E-state index contributed by atoms with van der Waals surface area (Å²) in [4.78, 5) is 46.9. The molecule has 134 valence electrons. The van der Waals surface area contributed by atoms with E-state index in [1.54, 1.807) is 6.07 Å². The number of hydrogen-bond donors (Lipinski definition) is 3. The second-order valence-electron chi connectivity index (χ2n) is 5.06. The van der Waals surface area contributed by atoms with Gasteiger partial charge in [0, 0.05) is 25.0 Å². The summed E-state index contributed by atoms with van der Waals surface area (Å²) in [5.74, 6) is -2.01. The molecule has 26 heavy (non-hydrogen) atoms. The maximum atomic E-state index is 12.1. The van der Waals surface area contributed by atoms with Gasteiger partial charge in [-0.2, -0.15) is 5.26 Å². The van der Waals surface area contributed by atoms with Gasteiger partial charge in [-0.25, -0.2) is 4.79 Å². The molecule has 0 unspecified atom stereocenters. The third-order valence-electron chi connectivity index (χ3n) is 3.30. The van der Waals surface area contributed by atoms with E-state index in [1.807, 2.05) is 0 Å². The molecule has 0 saturated carbocycles. The summed E-state index contributed by atoms with van der Waals surface area (Å²) in [7, 11) is 0. The van der Waals surface area contributed by atoms with Gasteiger partial charge in [-0.1, -0.05) is 17.8 Å². The molecule has 0 bridgehead atoms. The Morgan fingerprint density at radius 2 is 2.15 bits per heavy atom. The first-order valence-electron chi connectivity index (χ1n) is 7.38. The van der Waals surface area contributed by atoms with Crippen molar-refractivity contribution < 1.29 is 24.3 Å². The largest absolute Gasteiger partial charge is 0.478 e. The molecule has 0 radical (unpaired) electrons. The molecule has 3 amide bonds. The number of thioether (sulfide) groups is 1. The van der Waals surface area contributed by atoms with E-state index in [0.717, 1.165) is 16.7 Å². The number of anilines is 1. The van der Waals surface area contributed by atoms with Crippen molar-refractivity contribution in [2.24, 2.45) is 0 Å². The van der Waals surface area contributed by atoms with Gasteiger partial charge in [-0.05, 0) is 18.2 Å². The average Bonchev–Trinajstić information content (AvgIpc) is 2.93. The molecular weight excluding hydrogens is 360 g/mol. The van der Waals surface area contributed by atoms with Crippen LogP contribution in [-0.2, 0) is 9.59 Å². The van der Waals surface area contributed by atoms with Crippen LogP contribution >= 0.6 is 11.8 Å². The Hall–Kier alpha value is -3.32. The Bertz CT molecular complexity index is 814. The number of carbonyl (C=O) groups excluding carboxylic acids is 3. The molecule has 1 aliphatic heterocycles. The lowest BCUT2D eigenvalue weighted by Gasteiger charge is -2.12. The molecule has 0 spiro atoms. The van der Waals surface area contributed by atoms with Crippen LogP contribution in [0.15, 0.2) is 36.0 Å². The molecule has 1 aromatic carbocycles. The fourth-order valence-electron chi connectivity index (χ4n) is 2.02. The average molecular weight is 374 g/mol. The number of carboxylic acids is 1. The fraction of sp³-hybridized carbons (Fsp3) is 0.188. The number of nitrogens with zero attached hydrogens (tertiary/aromatic N) is 2. The highest BCUT2D eigenvalue weighted by Crippen LogP contribution is 2.17. The smallest absolute Gasteiger partial charge is 0.335 e. The zero-order valence-electron chi connectivity index (χ0n) is 13.4. The van der Waals surface area contributed by atoms with Crippen molar-refractivity contribution in [2.75, 3.05) is 24.2 Å². The normalized spacial score (nSPS) is 14.1. The maximum absolute atomic E-state index is 12.1. The van der Waals surface area contributed by atoms with Crippen molar-refractivity contribution in [2.45, 2.75) is 0 Å². The molecule has 1 saturated heterocycles. The van der Waals surface area contributed by atoms with E-state index in [9.17, 15) is 19.2 Å². The molecule has 1 aliphatic rings. The van der Waals surface area contributed by atoms with Gasteiger partial charge in [0.25, 0.3) is 11.1 Å². The first kappa shape index (κ1) is 19.0. The lowest BCUT2D eigenvalue weighted by atomic mass is 10.2. The van der Waals surface area contributed by atoms with Gasteiger partial charge in [-0.15, -0.1) is 0 Å². The number of nitriles is 1.